The zero-order valence-corrected chi connectivity index (χ0v) is 18.2. The molecule has 2 N–H and O–H groups in total. The van der Waals surface area contributed by atoms with Crippen molar-refractivity contribution < 1.29 is 8.42 Å². The predicted octanol–water partition coefficient (Wildman–Crippen LogP) is 4.04. The molecule has 0 aliphatic heterocycles. The molecule has 156 valence electrons. The Morgan fingerprint density at radius 3 is 2.38 bits per heavy atom. The Labute approximate surface area is 174 Å². The second-order valence-corrected chi connectivity index (χ2v) is 11.2. The molecule has 6 nitrogen and oxygen atoms in total. The minimum absolute atomic E-state index is 0.0331. The minimum atomic E-state index is -3.30. The lowest BCUT2D eigenvalue weighted by molar-refractivity contribution is 0.322. The number of benzene rings is 1. The Balaban J connectivity index is 1.55. The lowest BCUT2D eigenvalue weighted by Crippen LogP contribution is -2.46. The topological polar surface area (TPSA) is 86.9 Å². The van der Waals surface area contributed by atoms with Crippen LogP contribution in [0.2, 0.25) is 0 Å². The van der Waals surface area contributed by atoms with E-state index in [9.17, 15) is 13.7 Å². The van der Waals surface area contributed by atoms with Gasteiger partial charge in [-0.25, -0.2) is 13.1 Å². The molecule has 1 aromatic carbocycles. The van der Waals surface area contributed by atoms with Crippen LogP contribution in [0.3, 0.4) is 0 Å². The number of nitrogens with zero attached hydrogens (tertiary/aromatic N) is 2. The Kier molecular flexibility index (Phi) is 6.35. The number of aromatic nitrogens is 1. The van der Waals surface area contributed by atoms with Gasteiger partial charge in [0, 0.05) is 30.7 Å². The minimum Gasteiger partial charge on any atom is -0.385 e. The van der Waals surface area contributed by atoms with Gasteiger partial charge < -0.3 is 9.88 Å². The fourth-order valence-corrected chi connectivity index (χ4v) is 4.62. The molecule has 0 saturated heterocycles. The molecular weight excluding hydrogens is 384 g/mol. The largest absolute Gasteiger partial charge is 0.385 e. The van der Waals surface area contributed by atoms with Crippen LogP contribution >= 0.6 is 0 Å². The number of nitrogens with one attached hydrogen (secondary N) is 2. The van der Waals surface area contributed by atoms with Crippen LogP contribution in [0.1, 0.15) is 52.0 Å². The highest BCUT2D eigenvalue weighted by Crippen LogP contribution is 2.27. The van der Waals surface area contributed by atoms with Crippen molar-refractivity contribution in [3.63, 3.8) is 0 Å². The third-order valence-electron chi connectivity index (χ3n) is 5.57. The van der Waals surface area contributed by atoms with Gasteiger partial charge in [-0.3, -0.25) is 0 Å². The van der Waals surface area contributed by atoms with E-state index >= 15 is 0 Å². The first-order chi connectivity index (χ1) is 13.7. The molecule has 0 atom stereocenters. The second-order valence-electron chi connectivity index (χ2n) is 8.77. The number of anilines is 1. The number of hydrogen-bond acceptors (Lipinski definition) is 4. The summed E-state index contributed by atoms with van der Waals surface area (Å²) >= 11 is 0. The van der Waals surface area contributed by atoms with Crippen molar-refractivity contribution in [2.75, 3.05) is 11.9 Å². The van der Waals surface area contributed by atoms with Crippen LogP contribution in [0, 0.1) is 17.2 Å². The lowest BCUT2D eigenvalue weighted by Gasteiger charge is -2.31. The molecule has 1 saturated carbocycles. The van der Waals surface area contributed by atoms with Crippen molar-refractivity contribution in [3.8, 4) is 11.8 Å². The quantitative estimate of drug-likeness (QED) is 0.747. The van der Waals surface area contributed by atoms with Crippen molar-refractivity contribution >= 4 is 15.7 Å². The van der Waals surface area contributed by atoms with Gasteiger partial charge in [0.25, 0.3) is 0 Å². The Morgan fingerprint density at radius 2 is 1.79 bits per heavy atom. The van der Waals surface area contributed by atoms with Gasteiger partial charge in [-0.1, -0.05) is 0 Å². The molecule has 7 heteroatoms. The summed E-state index contributed by atoms with van der Waals surface area (Å²) in [4.78, 5) is 0. The van der Waals surface area contributed by atoms with E-state index in [1.165, 1.54) is 0 Å². The van der Waals surface area contributed by atoms with E-state index in [4.69, 9.17) is 0 Å². The highest BCUT2D eigenvalue weighted by Gasteiger charge is 2.32. The van der Waals surface area contributed by atoms with Gasteiger partial charge in [0.2, 0.25) is 10.0 Å². The van der Waals surface area contributed by atoms with E-state index < -0.39 is 14.8 Å². The van der Waals surface area contributed by atoms with Crippen LogP contribution in [0.25, 0.3) is 5.69 Å². The molecule has 1 fully saturated rings. The fourth-order valence-electron chi connectivity index (χ4n) is 3.59. The SMILES string of the molecule is CC(C)(C)S(=O)(=O)N[C@H]1CC[C@H](CNc2ccc(C#N)c(-n3cccc3)c2)CC1. The van der Waals surface area contributed by atoms with Gasteiger partial charge in [0.05, 0.1) is 16.0 Å². The highest BCUT2D eigenvalue weighted by molar-refractivity contribution is 7.90. The van der Waals surface area contributed by atoms with Gasteiger partial charge in [0.1, 0.15) is 6.07 Å². The van der Waals surface area contributed by atoms with Crippen LogP contribution in [-0.4, -0.2) is 30.3 Å². The average molecular weight is 415 g/mol. The van der Waals surface area contributed by atoms with E-state index in [0.717, 1.165) is 43.6 Å². The summed E-state index contributed by atoms with van der Waals surface area (Å²) in [5, 5.41) is 12.9. The molecule has 1 aliphatic carbocycles. The maximum absolute atomic E-state index is 12.3. The first kappa shape index (κ1) is 21.4. The molecule has 1 heterocycles. The van der Waals surface area contributed by atoms with E-state index in [0.29, 0.717) is 11.5 Å². The average Bonchev–Trinajstić information content (AvgIpc) is 3.21. The first-order valence-electron chi connectivity index (χ1n) is 10.1. The third-order valence-corrected chi connectivity index (χ3v) is 7.83. The summed E-state index contributed by atoms with van der Waals surface area (Å²) in [7, 11) is -3.30. The fraction of sp³-hybridized carbons (Fsp3) is 0.500. The van der Waals surface area contributed by atoms with E-state index in [2.05, 4.69) is 16.1 Å². The number of hydrogen-bond donors (Lipinski definition) is 2. The van der Waals surface area contributed by atoms with Crippen molar-refractivity contribution in [3.05, 3.63) is 48.3 Å². The van der Waals surface area contributed by atoms with Crippen LogP contribution < -0.4 is 10.0 Å². The maximum Gasteiger partial charge on any atom is 0.216 e. The molecule has 0 radical (unpaired) electrons. The zero-order chi connectivity index (χ0) is 21.1. The second kappa shape index (κ2) is 8.60. The van der Waals surface area contributed by atoms with Gasteiger partial charge >= 0.3 is 0 Å². The molecular formula is C22H30N4O2S. The smallest absolute Gasteiger partial charge is 0.216 e. The highest BCUT2D eigenvalue weighted by atomic mass is 32.2. The van der Waals surface area contributed by atoms with Crippen molar-refractivity contribution in [1.82, 2.24) is 9.29 Å². The Morgan fingerprint density at radius 1 is 1.14 bits per heavy atom. The van der Waals surface area contributed by atoms with Gasteiger partial charge in [-0.15, -0.1) is 0 Å². The number of rotatable bonds is 6. The maximum atomic E-state index is 12.3. The molecule has 0 bridgehead atoms. The standard InChI is InChI=1S/C22H30N4O2S/c1-22(2,3)29(27,28)25-19-9-6-17(7-10-19)16-24-20-11-8-18(15-23)21(14-20)26-12-4-5-13-26/h4-5,8,11-14,17,19,24-25H,6-7,9-10,16H2,1-3H3/t17-,19-. The van der Waals surface area contributed by atoms with Crippen molar-refractivity contribution in [1.29, 1.82) is 5.26 Å². The number of sulfonamides is 1. The molecule has 29 heavy (non-hydrogen) atoms. The molecule has 1 aliphatic rings. The van der Waals surface area contributed by atoms with Gasteiger partial charge in [-0.2, -0.15) is 5.26 Å². The first-order valence-corrected chi connectivity index (χ1v) is 11.6. The van der Waals surface area contributed by atoms with E-state index in [-0.39, 0.29) is 6.04 Å². The molecule has 0 spiro atoms. The predicted molar refractivity (Wildman–Crippen MR) is 117 cm³/mol. The van der Waals surface area contributed by atoms with Crippen LogP contribution in [0.15, 0.2) is 42.7 Å². The monoisotopic (exact) mass is 414 g/mol. The molecule has 0 unspecified atom stereocenters. The normalized spacial score (nSPS) is 20.2. The van der Waals surface area contributed by atoms with E-state index in [1.54, 1.807) is 20.8 Å². The van der Waals surface area contributed by atoms with Gasteiger partial charge in [0.15, 0.2) is 0 Å². The van der Waals surface area contributed by atoms with Crippen LogP contribution in [0.5, 0.6) is 0 Å². The summed E-state index contributed by atoms with van der Waals surface area (Å²) < 4.78 is 28.7. The Hall–Kier alpha value is -2.30. The zero-order valence-electron chi connectivity index (χ0n) is 17.4. The molecule has 3 rings (SSSR count). The third kappa shape index (κ3) is 5.20. The van der Waals surface area contributed by atoms with Crippen LogP contribution in [0.4, 0.5) is 5.69 Å². The Bertz CT molecular complexity index is 961. The molecule has 0 amide bonds. The van der Waals surface area contributed by atoms with Gasteiger partial charge in [-0.05, 0) is 82.7 Å². The summed E-state index contributed by atoms with van der Waals surface area (Å²) in [6.45, 7) is 6.02. The van der Waals surface area contributed by atoms with E-state index in [1.807, 2.05) is 47.3 Å². The molecule has 1 aromatic heterocycles. The van der Waals surface area contributed by atoms with Crippen LogP contribution in [-0.2, 0) is 10.0 Å². The summed E-state index contributed by atoms with van der Waals surface area (Å²) in [6, 6.07) is 11.9. The lowest BCUT2D eigenvalue weighted by atomic mass is 9.86. The van der Waals surface area contributed by atoms with Crippen molar-refractivity contribution in [2.45, 2.75) is 57.2 Å². The number of nitriles is 1. The molecule has 2 aromatic rings. The van der Waals surface area contributed by atoms with Crippen molar-refractivity contribution in [2.24, 2.45) is 5.92 Å². The summed E-state index contributed by atoms with van der Waals surface area (Å²) in [6.07, 6.45) is 7.57. The summed E-state index contributed by atoms with van der Waals surface area (Å²) in [5.41, 5.74) is 2.49. The summed E-state index contributed by atoms with van der Waals surface area (Å²) in [5.74, 6) is 0.510.